The van der Waals surface area contributed by atoms with Crippen molar-refractivity contribution in [2.75, 3.05) is 18.5 Å². The van der Waals surface area contributed by atoms with Crippen LogP contribution in [0.5, 0.6) is 5.75 Å². The number of pyridine rings is 1. The Labute approximate surface area is 219 Å². The highest BCUT2D eigenvalue weighted by molar-refractivity contribution is 6.30. The van der Waals surface area contributed by atoms with Gasteiger partial charge in [0.25, 0.3) is 0 Å². The van der Waals surface area contributed by atoms with Gasteiger partial charge in [-0.2, -0.15) is 13.2 Å². The Morgan fingerprint density at radius 2 is 1.71 bits per heavy atom. The van der Waals surface area contributed by atoms with Crippen LogP contribution >= 0.6 is 11.6 Å². The molecule has 3 aromatic rings. The van der Waals surface area contributed by atoms with Gasteiger partial charge < -0.3 is 9.64 Å². The molecule has 0 aliphatic carbocycles. The van der Waals surface area contributed by atoms with E-state index in [1.54, 1.807) is 42.3 Å². The first kappa shape index (κ1) is 27.7. The maximum absolute atomic E-state index is 13.6. The largest absolute Gasteiger partial charge is 0.573 e. The monoisotopic (exact) mass is 557 g/mol. The van der Waals surface area contributed by atoms with Gasteiger partial charge in [-0.05, 0) is 67.6 Å². The van der Waals surface area contributed by atoms with Crippen LogP contribution in [0.4, 0.5) is 32.0 Å². The van der Waals surface area contributed by atoms with Crippen LogP contribution in [0.25, 0.3) is 0 Å². The minimum atomic E-state index is -4.87. The average Bonchev–Trinajstić information content (AvgIpc) is 3.19. The van der Waals surface area contributed by atoms with Crippen molar-refractivity contribution in [3.63, 3.8) is 0 Å². The third-order valence-electron chi connectivity index (χ3n) is 6.21. The summed E-state index contributed by atoms with van der Waals surface area (Å²) in [4.78, 5) is 20.5. The Kier molecular flexibility index (Phi) is 7.89. The standard InChI is InChI=1S/C26H22ClF6N3O2/c1-35(13-12-18-5-3-7-23(34-18)25(28,29)30)22-15-21(16-4-2-6-20(14-16)38-26(31,32)33)36(24(22)37)19-10-8-17(27)9-11-19/h2-11,14,21-22H,12-13,15H2,1H3/t21-,22-/m1/s1. The fourth-order valence-electron chi connectivity index (χ4n) is 4.44. The van der Waals surface area contributed by atoms with E-state index >= 15 is 0 Å². The van der Waals surface area contributed by atoms with E-state index in [0.29, 0.717) is 16.3 Å². The minimum absolute atomic E-state index is 0.157. The Morgan fingerprint density at radius 3 is 2.37 bits per heavy atom. The van der Waals surface area contributed by atoms with Crippen LogP contribution in [0.3, 0.4) is 0 Å². The summed E-state index contributed by atoms with van der Waals surface area (Å²) in [6.07, 6.45) is -9.06. The zero-order valence-electron chi connectivity index (χ0n) is 19.9. The summed E-state index contributed by atoms with van der Waals surface area (Å²) in [6.45, 7) is 0.225. The van der Waals surface area contributed by atoms with Gasteiger partial charge >= 0.3 is 12.5 Å². The number of anilines is 1. The number of carbonyl (C=O) groups excluding carboxylic acids is 1. The van der Waals surface area contributed by atoms with Crippen molar-refractivity contribution in [1.82, 2.24) is 9.88 Å². The number of hydrogen-bond acceptors (Lipinski definition) is 4. The van der Waals surface area contributed by atoms with Crippen LogP contribution in [0.2, 0.25) is 5.02 Å². The van der Waals surface area contributed by atoms with E-state index in [-0.39, 0.29) is 31.0 Å². The Hall–Kier alpha value is -3.31. The van der Waals surface area contributed by atoms with Gasteiger partial charge in [0.15, 0.2) is 0 Å². The van der Waals surface area contributed by atoms with E-state index in [4.69, 9.17) is 11.6 Å². The molecule has 0 unspecified atom stereocenters. The van der Waals surface area contributed by atoms with Crippen molar-refractivity contribution < 1.29 is 35.9 Å². The Morgan fingerprint density at radius 1 is 1.03 bits per heavy atom. The van der Waals surface area contributed by atoms with Crippen LogP contribution in [0.15, 0.2) is 66.7 Å². The number of amides is 1. The number of ether oxygens (including phenoxy) is 1. The van der Waals surface area contributed by atoms with Crippen molar-refractivity contribution in [3.05, 3.63) is 88.7 Å². The van der Waals surface area contributed by atoms with Crippen LogP contribution < -0.4 is 9.64 Å². The highest BCUT2D eigenvalue weighted by Gasteiger charge is 2.43. The SMILES string of the molecule is CN(CCc1cccc(C(F)(F)F)n1)[C@@H]1C[C@H](c2cccc(OC(F)(F)F)c2)N(c2ccc(Cl)cc2)C1=O. The average molecular weight is 558 g/mol. The summed E-state index contributed by atoms with van der Waals surface area (Å²) in [5, 5.41) is 0.444. The quantitative estimate of drug-likeness (QED) is 0.304. The molecule has 202 valence electrons. The molecule has 4 rings (SSSR count). The molecule has 2 aromatic carbocycles. The van der Waals surface area contributed by atoms with Crippen LogP contribution in [0.1, 0.15) is 29.4 Å². The first-order valence-corrected chi connectivity index (χ1v) is 11.9. The molecule has 0 saturated carbocycles. The second-order valence-electron chi connectivity index (χ2n) is 8.81. The van der Waals surface area contributed by atoms with Gasteiger partial charge in [0.1, 0.15) is 11.4 Å². The molecule has 1 aliphatic heterocycles. The molecule has 1 aliphatic rings. The van der Waals surface area contributed by atoms with Crippen molar-refractivity contribution in [2.24, 2.45) is 0 Å². The molecule has 1 amide bonds. The lowest BCUT2D eigenvalue weighted by Gasteiger charge is -2.26. The maximum Gasteiger partial charge on any atom is 0.573 e. The zero-order valence-corrected chi connectivity index (χ0v) is 20.7. The number of nitrogens with zero attached hydrogens (tertiary/aromatic N) is 3. The number of likely N-dealkylation sites (N-methyl/N-ethyl adjacent to an activating group) is 1. The summed E-state index contributed by atoms with van der Waals surface area (Å²) in [5.74, 6) is -0.718. The third-order valence-corrected chi connectivity index (χ3v) is 6.46. The molecule has 0 bridgehead atoms. The number of rotatable bonds is 7. The van der Waals surface area contributed by atoms with Crippen LogP contribution in [-0.4, -0.2) is 41.8 Å². The predicted molar refractivity (Wildman–Crippen MR) is 129 cm³/mol. The van der Waals surface area contributed by atoms with Crippen LogP contribution in [0, 0.1) is 0 Å². The molecule has 1 fully saturated rings. The second kappa shape index (κ2) is 10.8. The lowest BCUT2D eigenvalue weighted by molar-refractivity contribution is -0.274. The Bertz CT molecular complexity index is 1280. The van der Waals surface area contributed by atoms with Crippen molar-refractivity contribution >= 4 is 23.2 Å². The van der Waals surface area contributed by atoms with Gasteiger partial charge in [-0.25, -0.2) is 4.98 Å². The normalized spacial score (nSPS) is 18.3. The third kappa shape index (κ3) is 6.57. The first-order chi connectivity index (χ1) is 17.8. The number of aromatic nitrogens is 1. The fourth-order valence-corrected chi connectivity index (χ4v) is 4.56. The molecular weight excluding hydrogens is 536 g/mol. The van der Waals surface area contributed by atoms with Crippen molar-refractivity contribution in [1.29, 1.82) is 0 Å². The molecule has 0 spiro atoms. The molecular formula is C26H22ClF6N3O2. The van der Waals surface area contributed by atoms with E-state index < -0.39 is 36.1 Å². The number of carbonyl (C=O) groups is 1. The lowest BCUT2D eigenvalue weighted by Crippen LogP contribution is -2.40. The Balaban J connectivity index is 1.58. The van der Waals surface area contributed by atoms with Gasteiger partial charge in [0, 0.05) is 29.4 Å². The van der Waals surface area contributed by atoms with Gasteiger partial charge in [-0.3, -0.25) is 9.69 Å². The molecule has 12 heteroatoms. The smallest absolute Gasteiger partial charge is 0.406 e. The molecule has 38 heavy (non-hydrogen) atoms. The number of hydrogen-bond donors (Lipinski definition) is 0. The van der Waals surface area contributed by atoms with Gasteiger partial charge in [0.05, 0.1) is 12.1 Å². The molecule has 2 atom stereocenters. The van der Waals surface area contributed by atoms with Gasteiger partial charge in [0.2, 0.25) is 5.91 Å². The minimum Gasteiger partial charge on any atom is -0.406 e. The van der Waals surface area contributed by atoms with E-state index in [2.05, 4.69) is 9.72 Å². The predicted octanol–water partition coefficient (Wildman–Crippen LogP) is 6.67. The summed E-state index contributed by atoms with van der Waals surface area (Å²) in [5.41, 5.74) is 0.164. The highest BCUT2D eigenvalue weighted by Crippen LogP contribution is 2.40. The fraction of sp³-hybridized carbons (Fsp3) is 0.308. The topological polar surface area (TPSA) is 45.7 Å². The summed E-state index contributed by atoms with van der Waals surface area (Å²) < 4.78 is 81.5. The molecule has 1 saturated heterocycles. The highest BCUT2D eigenvalue weighted by atomic mass is 35.5. The molecule has 0 N–H and O–H groups in total. The summed E-state index contributed by atoms with van der Waals surface area (Å²) in [6, 6.07) is 14.2. The maximum atomic E-state index is 13.6. The lowest BCUT2D eigenvalue weighted by atomic mass is 10.0. The number of alkyl halides is 6. The van der Waals surface area contributed by atoms with E-state index in [9.17, 15) is 31.1 Å². The van der Waals surface area contributed by atoms with Crippen molar-refractivity contribution in [2.45, 2.75) is 37.5 Å². The second-order valence-corrected chi connectivity index (χ2v) is 9.25. The van der Waals surface area contributed by atoms with Crippen molar-refractivity contribution in [3.8, 4) is 5.75 Å². The summed E-state index contributed by atoms with van der Waals surface area (Å²) >= 11 is 6.00. The first-order valence-electron chi connectivity index (χ1n) is 11.5. The number of benzene rings is 2. The molecule has 5 nitrogen and oxygen atoms in total. The van der Waals surface area contributed by atoms with E-state index in [1.807, 2.05) is 0 Å². The van der Waals surface area contributed by atoms with Gasteiger partial charge in [-0.1, -0.05) is 29.8 Å². The molecule has 0 radical (unpaired) electrons. The van der Waals surface area contributed by atoms with Crippen LogP contribution in [-0.2, 0) is 17.4 Å². The van der Waals surface area contributed by atoms with E-state index in [0.717, 1.165) is 6.07 Å². The van der Waals surface area contributed by atoms with Gasteiger partial charge in [-0.15, -0.1) is 13.2 Å². The number of halogens is 7. The molecule has 1 aromatic heterocycles. The summed E-state index contributed by atoms with van der Waals surface area (Å²) in [7, 11) is 1.67. The van der Waals surface area contributed by atoms with E-state index in [1.165, 1.54) is 35.2 Å². The zero-order chi connectivity index (χ0) is 27.7. The molecule has 2 heterocycles.